The summed E-state index contributed by atoms with van der Waals surface area (Å²) >= 11 is 0. The molecule has 10 nitrogen and oxygen atoms in total. The molecule has 1 N–H and O–H groups in total. The largest absolute Gasteiger partial charge is 0.454 e. The summed E-state index contributed by atoms with van der Waals surface area (Å²) in [5, 5.41) is 13.9. The van der Waals surface area contributed by atoms with Gasteiger partial charge in [-0.05, 0) is 60.0 Å². The van der Waals surface area contributed by atoms with Crippen molar-refractivity contribution in [3.8, 4) is 11.5 Å². The maximum absolute atomic E-state index is 13.9. The molecule has 40 heavy (non-hydrogen) atoms. The second kappa shape index (κ2) is 10.5. The number of pyridine rings is 2. The molecule has 0 spiro atoms. The predicted molar refractivity (Wildman–Crippen MR) is 150 cm³/mol. The van der Waals surface area contributed by atoms with Gasteiger partial charge in [0, 0.05) is 42.5 Å². The Labute approximate surface area is 231 Å². The Bertz CT molecular complexity index is 1640. The molecule has 2 aromatic carbocycles. The second-order valence-electron chi connectivity index (χ2n) is 10.6. The van der Waals surface area contributed by atoms with E-state index >= 15 is 0 Å². The number of aromatic nitrogens is 6. The van der Waals surface area contributed by atoms with Gasteiger partial charge in [-0.2, -0.15) is 0 Å². The van der Waals surface area contributed by atoms with E-state index in [0.29, 0.717) is 41.5 Å². The molecule has 3 aromatic heterocycles. The summed E-state index contributed by atoms with van der Waals surface area (Å²) in [4.78, 5) is 23.5. The summed E-state index contributed by atoms with van der Waals surface area (Å²) in [7, 11) is 0. The molecular formula is C30H31N7O3. The van der Waals surface area contributed by atoms with E-state index in [-0.39, 0.29) is 17.9 Å². The van der Waals surface area contributed by atoms with Crippen LogP contribution in [0.1, 0.15) is 55.7 Å². The van der Waals surface area contributed by atoms with Crippen LogP contribution >= 0.6 is 0 Å². The van der Waals surface area contributed by atoms with Crippen LogP contribution in [0.4, 0.5) is 0 Å². The lowest BCUT2D eigenvalue weighted by molar-refractivity contribution is 0.174. The lowest BCUT2D eigenvalue weighted by atomic mass is 9.98. The van der Waals surface area contributed by atoms with Crippen molar-refractivity contribution in [1.29, 1.82) is 0 Å². The number of nitrogens with zero attached hydrogens (tertiary/aromatic N) is 6. The number of tetrazole rings is 1. The highest BCUT2D eigenvalue weighted by Crippen LogP contribution is 2.37. The SMILES string of the molecule is CCC(C)(C)n1nnnc1C(c1cc2cc3c(cc2[nH]c1=O)OCO3)N(Cc1ccccc1)Cc1cccnc1. The molecule has 0 fully saturated rings. The normalized spacial score (nSPS) is 13.7. The van der Waals surface area contributed by atoms with Crippen molar-refractivity contribution >= 4 is 10.9 Å². The molecule has 0 saturated carbocycles. The molecule has 6 rings (SSSR count). The van der Waals surface area contributed by atoms with Crippen molar-refractivity contribution in [3.05, 3.63) is 106 Å². The van der Waals surface area contributed by atoms with Gasteiger partial charge in [-0.25, -0.2) is 4.68 Å². The molecule has 0 radical (unpaired) electrons. The van der Waals surface area contributed by atoms with Crippen molar-refractivity contribution < 1.29 is 9.47 Å². The van der Waals surface area contributed by atoms with Crippen LogP contribution in [0.25, 0.3) is 10.9 Å². The Hall–Kier alpha value is -4.57. The smallest absolute Gasteiger partial charge is 0.253 e. The Balaban J connectivity index is 1.56. The van der Waals surface area contributed by atoms with Crippen LogP contribution in [-0.4, -0.2) is 41.9 Å². The first-order chi connectivity index (χ1) is 19.4. The number of hydrogen-bond acceptors (Lipinski definition) is 8. The average Bonchev–Trinajstić information content (AvgIpc) is 3.63. The Morgan fingerprint density at radius 1 is 1.02 bits per heavy atom. The standard InChI is InChI=1S/C30H31N7O3/c1-4-30(2,3)37-28(33-34-35-37)27(23-13-22-14-25-26(40-19-39-25)15-24(22)32-29(23)38)36(17-20-9-6-5-7-10-20)18-21-11-8-12-31-16-21/h5-16,27H,4,17-19H2,1-3H3,(H,32,38). The van der Waals surface area contributed by atoms with Gasteiger partial charge in [0.1, 0.15) is 6.04 Å². The number of H-pyrrole nitrogens is 1. The summed E-state index contributed by atoms with van der Waals surface area (Å²) < 4.78 is 13.0. The molecule has 0 saturated heterocycles. The van der Waals surface area contributed by atoms with Crippen molar-refractivity contribution in [2.24, 2.45) is 0 Å². The number of ether oxygens (including phenoxy) is 2. The molecule has 0 amide bonds. The molecule has 1 aliphatic rings. The third-order valence-corrected chi connectivity index (χ3v) is 7.54. The Kier molecular flexibility index (Phi) is 6.77. The van der Waals surface area contributed by atoms with Crippen LogP contribution in [0.15, 0.2) is 77.9 Å². The summed E-state index contributed by atoms with van der Waals surface area (Å²) in [6.45, 7) is 7.52. The quantitative estimate of drug-likeness (QED) is 0.291. The zero-order chi connectivity index (χ0) is 27.7. The monoisotopic (exact) mass is 537 g/mol. The number of nitrogens with one attached hydrogen (secondary N) is 1. The molecule has 4 heterocycles. The summed E-state index contributed by atoms with van der Waals surface area (Å²) in [5.74, 6) is 1.86. The van der Waals surface area contributed by atoms with Gasteiger partial charge in [0.15, 0.2) is 17.3 Å². The van der Waals surface area contributed by atoms with Crippen molar-refractivity contribution in [3.63, 3.8) is 0 Å². The van der Waals surface area contributed by atoms with Crippen LogP contribution in [0.2, 0.25) is 0 Å². The average molecular weight is 538 g/mol. The molecular weight excluding hydrogens is 506 g/mol. The fourth-order valence-corrected chi connectivity index (χ4v) is 5.04. The fraction of sp³-hybridized carbons (Fsp3) is 0.300. The van der Waals surface area contributed by atoms with E-state index in [4.69, 9.17) is 9.47 Å². The maximum atomic E-state index is 13.9. The van der Waals surface area contributed by atoms with Crippen LogP contribution in [0, 0.1) is 0 Å². The van der Waals surface area contributed by atoms with Crippen LogP contribution in [0.3, 0.4) is 0 Å². The first kappa shape index (κ1) is 25.7. The highest BCUT2D eigenvalue weighted by atomic mass is 16.7. The number of benzene rings is 2. The molecule has 1 atom stereocenters. The molecule has 1 aliphatic heterocycles. The Morgan fingerprint density at radius 2 is 1.77 bits per heavy atom. The van der Waals surface area contributed by atoms with Crippen molar-refractivity contribution in [2.45, 2.75) is 51.9 Å². The van der Waals surface area contributed by atoms with Gasteiger partial charge in [-0.1, -0.05) is 43.3 Å². The molecule has 5 aromatic rings. The molecule has 1 unspecified atom stereocenters. The number of hydrogen-bond donors (Lipinski definition) is 1. The van der Waals surface area contributed by atoms with Gasteiger partial charge in [-0.15, -0.1) is 5.10 Å². The predicted octanol–water partition coefficient (Wildman–Crippen LogP) is 4.58. The maximum Gasteiger partial charge on any atom is 0.253 e. The van der Waals surface area contributed by atoms with E-state index in [9.17, 15) is 4.79 Å². The van der Waals surface area contributed by atoms with Crippen molar-refractivity contribution in [2.75, 3.05) is 6.79 Å². The van der Waals surface area contributed by atoms with E-state index in [1.165, 1.54) is 0 Å². The van der Waals surface area contributed by atoms with Crippen LogP contribution in [0.5, 0.6) is 11.5 Å². The summed E-state index contributed by atoms with van der Waals surface area (Å²) in [6, 6.07) is 19.2. The topological polar surface area (TPSA) is 111 Å². The molecule has 10 heteroatoms. The first-order valence-corrected chi connectivity index (χ1v) is 13.3. The number of fused-ring (bicyclic) bond motifs is 2. The third kappa shape index (κ3) is 4.93. The highest BCUT2D eigenvalue weighted by molar-refractivity contribution is 5.83. The number of aromatic amines is 1. The zero-order valence-corrected chi connectivity index (χ0v) is 22.7. The lowest BCUT2D eigenvalue weighted by Crippen LogP contribution is -2.38. The summed E-state index contributed by atoms with van der Waals surface area (Å²) in [5.41, 5.74) is 2.73. The summed E-state index contributed by atoms with van der Waals surface area (Å²) in [6.07, 6.45) is 4.40. The van der Waals surface area contributed by atoms with E-state index in [1.807, 2.05) is 53.3 Å². The van der Waals surface area contributed by atoms with Gasteiger partial charge < -0.3 is 14.5 Å². The van der Waals surface area contributed by atoms with Gasteiger partial charge in [0.2, 0.25) is 6.79 Å². The lowest BCUT2D eigenvalue weighted by Gasteiger charge is -2.33. The molecule has 0 bridgehead atoms. The van der Waals surface area contributed by atoms with Crippen molar-refractivity contribution in [1.82, 2.24) is 35.1 Å². The third-order valence-electron chi connectivity index (χ3n) is 7.54. The van der Waals surface area contributed by atoms with Gasteiger partial charge in [0.05, 0.1) is 11.1 Å². The van der Waals surface area contributed by atoms with E-state index in [0.717, 1.165) is 22.9 Å². The van der Waals surface area contributed by atoms with Crippen LogP contribution in [-0.2, 0) is 18.6 Å². The minimum absolute atomic E-state index is 0.155. The van der Waals surface area contributed by atoms with E-state index < -0.39 is 6.04 Å². The van der Waals surface area contributed by atoms with Gasteiger partial charge in [0.25, 0.3) is 5.56 Å². The van der Waals surface area contributed by atoms with E-state index in [1.54, 1.807) is 12.3 Å². The fourth-order valence-electron chi connectivity index (χ4n) is 5.04. The highest BCUT2D eigenvalue weighted by Gasteiger charge is 2.34. The Morgan fingerprint density at radius 3 is 2.52 bits per heavy atom. The van der Waals surface area contributed by atoms with Crippen LogP contribution < -0.4 is 15.0 Å². The zero-order valence-electron chi connectivity index (χ0n) is 22.7. The minimum atomic E-state index is -0.570. The second-order valence-corrected chi connectivity index (χ2v) is 10.6. The van der Waals surface area contributed by atoms with Gasteiger partial charge in [-0.3, -0.25) is 14.7 Å². The molecule has 204 valence electrons. The first-order valence-electron chi connectivity index (χ1n) is 13.3. The van der Waals surface area contributed by atoms with E-state index in [2.05, 4.69) is 63.3 Å². The number of rotatable bonds is 9. The van der Waals surface area contributed by atoms with Gasteiger partial charge >= 0.3 is 0 Å². The molecule has 0 aliphatic carbocycles. The minimum Gasteiger partial charge on any atom is -0.454 e.